The average Bonchev–Trinajstić information content (AvgIpc) is 2.32. The predicted molar refractivity (Wildman–Crippen MR) is 48.5 cm³/mol. The summed E-state index contributed by atoms with van der Waals surface area (Å²) in [6.07, 6.45) is 1.70. The number of nitrogens with one attached hydrogen (secondary N) is 1. The van der Waals surface area contributed by atoms with Crippen LogP contribution in [0.4, 0.5) is 0 Å². The quantitative estimate of drug-likeness (QED) is 0.707. The normalized spacial score (nSPS) is 10.6. The van der Waals surface area contributed by atoms with Gasteiger partial charge in [-0.2, -0.15) is 5.10 Å². The van der Waals surface area contributed by atoms with E-state index in [0.717, 1.165) is 3.57 Å². The molecule has 2 aromatic heterocycles. The van der Waals surface area contributed by atoms with Gasteiger partial charge in [0.25, 0.3) is 0 Å². The lowest BCUT2D eigenvalue weighted by Gasteiger charge is -1.89. The summed E-state index contributed by atoms with van der Waals surface area (Å²) in [5.74, 6) is 0. The smallest absolute Gasteiger partial charge is 0.250 e. The molecule has 2 heterocycles. The molecule has 0 aliphatic rings. The number of pyridine rings is 1. The highest BCUT2D eigenvalue weighted by Gasteiger charge is 1.97. The Morgan fingerprint density at radius 1 is 1.64 bits per heavy atom. The fraction of sp³-hybridized carbons (Fsp3) is 0. The third-order valence-electron chi connectivity index (χ3n) is 1.38. The van der Waals surface area contributed by atoms with Crippen molar-refractivity contribution in [1.82, 2.24) is 14.6 Å². The first-order chi connectivity index (χ1) is 5.27. The highest BCUT2D eigenvalue weighted by Crippen LogP contribution is 2.04. The number of hydrogen-bond donors (Lipinski definition) is 1. The number of rotatable bonds is 0. The standard InChI is InChI=1S/C6H4IN3O/c7-4-1-2-10-5(3-4)8-9-6(10)11/h1-3H,(H,9,11). The summed E-state index contributed by atoms with van der Waals surface area (Å²) in [6, 6.07) is 3.68. The average molecular weight is 261 g/mol. The molecule has 0 aliphatic heterocycles. The monoisotopic (exact) mass is 261 g/mol. The summed E-state index contributed by atoms with van der Waals surface area (Å²) in [5.41, 5.74) is 0.457. The Balaban J connectivity index is 2.97. The van der Waals surface area contributed by atoms with Crippen LogP contribution in [0.2, 0.25) is 0 Å². The zero-order chi connectivity index (χ0) is 7.84. The van der Waals surface area contributed by atoms with Crippen LogP contribution in [-0.2, 0) is 0 Å². The van der Waals surface area contributed by atoms with E-state index in [0.29, 0.717) is 5.65 Å². The Bertz CT molecular complexity index is 444. The lowest BCUT2D eigenvalue weighted by Crippen LogP contribution is -2.08. The van der Waals surface area contributed by atoms with Crippen LogP contribution in [0.25, 0.3) is 5.65 Å². The second kappa shape index (κ2) is 2.33. The molecular formula is C6H4IN3O. The number of hydrogen-bond acceptors (Lipinski definition) is 2. The van der Waals surface area contributed by atoms with E-state index in [-0.39, 0.29) is 5.69 Å². The van der Waals surface area contributed by atoms with E-state index in [4.69, 9.17) is 0 Å². The van der Waals surface area contributed by atoms with E-state index < -0.39 is 0 Å². The fourth-order valence-electron chi connectivity index (χ4n) is 0.880. The molecule has 5 heteroatoms. The molecule has 4 nitrogen and oxygen atoms in total. The summed E-state index contributed by atoms with van der Waals surface area (Å²) in [4.78, 5) is 10.9. The maximum absolute atomic E-state index is 10.9. The SMILES string of the molecule is O=c1[nH]nc2cc(I)ccn12. The number of H-pyrrole nitrogens is 1. The zero-order valence-corrected chi connectivity index (χ0v) is 7.57. The lowest BCUT2D eigenvalue weighted by atomic mass is 10.5. The molecule has 1 N–H and O–H groups in total. The van der Waals surface area contributed by atoms with Gasteiger partial charge in [-0.05, 0) is 34.7 Å². The van der Waals surface area contributed by atoms with Gasteiger partial charge < -0.3 is 0 Å². The molecule has 2 aromatic rings. The third-order valence-corrected chi connectivity index (χ3v) is 2.05. The first-order valence-corrected chi connectivity index (χ1v) is 4.07. The Morgan fingerprint density at radius 3 is 3.27 bits per heavy atom. The van der Waals surface area contributed by atoms with E-state index in [1.54, 1.807) is 6.20 Å². The lowest BCUT2D eigenvalue weighted by molar-refractivity contribution is 1.02. The first kappa shape index (κ1) is 6.84. The van der Waals surface area contributed by atoms with Crippen molar-refractivity contribution in [1.29, 1.82) is 0 Å². The van der Waals surface area contributed by atoms with Crippen LogP contribution in [0.3, 0.4) is 0 Å². The van der Waals surface area contributed by atoms with Crippen molar-refractivity contribution in [2.24, 2.45) is 0 Å². The molecule has 0 spiro atoms. The van der Waals surface area contributed by atoms with E-state index in [9.17, 15) is 4.79 Å². The summed E-state index contributed by atoms with van der Waals surface area (Å²) >= 11 is 2.17. The van der Waals surface area contributed by atoms with Crippen LogP contribution >= 0.6 is 22.6 Å². The van der Waals surface area contributed by atoms with Crippen molar-refractivity contribution in [3.05, 3.63) is 32.4 Å². The highest BCUT2D eigenvalue weighted by molar-refractivity contribution is 14.1. The number of nitrogens with zero attached hydrogens (tertiary/aromatic N) is 2. The van der Waals surface area contributed by atoms with Crippen molar-refractivity contribution in [2.45, 2.75) is 0 Å². The Kier molecular flexibility index (Phi) is 1.45. The van der Waals surface area contributed by atoms with Crippen molar-refractivity contribution >= 4 is 28.2 Å². The van der Waals surface area contributed by atoms with Crippen molar-refractivity contribution in [2.75, 3.05) is 0 Å². The molecule has 0 saturated heterocycles. The number of aromatic amines is 1. The number of halogens is 1. The van der Waals surface area contributed by atoms with E-state index >= 15 is 0 Å². The molecule has 56 valence electrons. The van der Waals surface area contributed by atoms with Crippen molar-refractivity contribution in [3.63, 3.8) is 0 Å². The Labute approximate surface area is 75.4 Å². The van der Waals surface area contributed by atoms with Gasteiger partial charge in [-0.3, -0.25) is 4.40 Å². The first-order valence-electron chi connectivity index (χ1n) is 3.00. The summed E-state index contributed by atoms with van der Waals surface area (Å²) in [7, 11) is 0. The third kappa shape index (κ3) is 1.05. The summed E-state index contributed by atoms with van der Waals surface area (Å²) < 4.78 is 2.52. The van der Waals surface area contributed by atoms with Crippen LogP contribution < -0.4 is 5.69 Å². The Hall–Kier alpha value is -0.850. The maximum Gasteiger partial charge on any atom is 0.347 e. The minimum atomic E-state index is -0.198. The molecule has 0 atom stereocenters. The second-order valence-corrected chi connectivity index (χ2v) is 3.35. The number of aromatic nitrogens is 3. The fourth-order valence-corrected chi connectivity index (χ4v) is 1.32. The van der Waals surface area contributed by atoms with E-state index in [1.807, 2.05) is 12.1 Å². The van der Waals surface area contributed by atoms with Gasteiger partial charge in [0.05, 0.1) is 0 Å². The highest BCUT2D eigenvalue weighted by atomic mass is 127. The molecule has 0 saturated carbocycles. The molecule has 0 bridgehead atoms. The molecule has 2 rings (SSSR count). The maximum atomic E-state index is 10.9. The minimum absolute atomic E-state index is 0.198. The van der Waals surface area contributed by atoms with Gasteiger partial charge >= 0.3 is 5.69 Å². The molecule has 11 heavy (non-hydrogen) atoms. The van der Waals surface area contributed by atoms with Gasteiger partial charge in [0.15, 0.2) is 5.65 Å². The van der Waals surface area contributed by atoms with Gasteiger partial charge in [-0.25, -0.2) is 9.89 Å². The van der Waals surface area contributed by atoms with Crippen LogP contribution in [0, 0.1) is 3.57 Å². The topological polar surface area (TPSA) is 50.2 Å². The van der Waals surface area contributed by atoms with Crippen LogP contribution in [0.15, 0.2) is 23.1 Å². The minimum Gasteiger partial charge on any atom is -0.250 e. The summed E-state index contributed by atoms with van der Waals surface area (Å²) in [6.45, 7) is 0. The van der Waals surface area contributed by atoms with Crippen LogP contribution in [-0.4, -0.2) is 14.6 Å². The van der Waals surface area contributed by atoms with Gasteiger partial charge in [0.2, 0.25) is 0 Å². The van der Waals surface area contributed by atoms with Crippen LogP contribution in [0.5, 0.6) is 0 Å². The molecule has 0 aliphatic carbocycles. The predicted octanol–water partition coefficient (Wildman–Crippen LogP) is 0.627. The summed E-state index contributed by atoms with van der Waals surface area (Å²) in [5, 5.41) is 6.16. The largest absolute Gasteiger partial charge is 0.347 e. The van der Waals surface area contributed by atoms with Crippen LogP contribution in [0.1, 0.15) is 0 Å². The second-order valence-electron chi connectivity index (χ2n) is 2.10. The Morgan fingerprint density at radius 2 is 2.45 bits per heavy atom. The number of fused-ring (bicyclic) bond motifs is 1. The van der Waals surface area contributed by atoms with E-state index in [2.05, 4.69) is 32.8 Å². The van der Waals surface area contributed by atoms with Gasteiger partial charge in [-0.1, -0.05) is 0 Å². The zero-order valence-electron chi connectivity index (χ0n) is 5.41. The van der Waals surface area contributed by atoms with Gasteiger partial charge in [0.1, 0.15) is 0 Å². The molecule has 0 aromatic carbocycles. The van der Waals surface area contributed by atoms with Gasteiger partial charge in [0, 0.05) is 9.77 Å². The molecule has 0 amide bonds. The molecule has 0 fully saturated rings. The van der Waals surface area contributed by atoms with E-state index in [1.165, 1.54) is 4.40 Å². The molecule has 0 radical (unpaired) electrons. The van der Waals surface area contributed by atoms with Crippen molar-refractivity contribution in [3.8, 4) is 0 Å². The molecular weight excluding hydrogens is 257 g/mol. The van der Waals surface area contributed by atoms with Gasteiger partial charge in [-0.15, -0.1) is 0 Å². The molecule has 0 unspecified atom stereocenters. The van der Waals surface area contributed by atoms with Crippen molar-refractivity contribution < 1.29 is 0 Å².